The number of anilines is 1. The van der Waals surface area contributed by atoms with Crippen molar-refractivity contribution in [2.45, 2.75) is 25.5 Å². The lowest BCUT2D eigenvalue weighted by atomic mass is 10.1. The highest BCUT2D eigenvalue weighted by atomic mass is 32.2. The number of amides is 1. The lowest BCUT2D eigenvalue weighted by Gasteiger charge is -2.06. The Balaban J connectivity index is 1.56. The molecule has 1 aliphatic rings. The van der Waals surface area contributed by atoms with Gasteiger partial charge in [0.25, 0.3) is 0 Å². The van der Waals surface area contributed by atoms with Gasteiger partial charge in [-0.2, -0.15) is 0 Å². The van der Waals surface area contributed by atoms with Gasteiger partial charge in [0.15, 0.2) is 15.0 Å². The first-order valence-electron chi connectivity index (χ1n) is 7.97. The number of carbonyl (C=O) groups is 1. The summed E-state index contributed by atoms with van der Waals surface area (Å²) in [6.07, 6.45) is 0.633. The van der Waals surface area contributed by atoms with Crippen LogP contribution in [0.25, 0.3) is 11.3 Å². The maximum absolute atomic E-state index is 12.1. The Bertz CT molecular complexity index is 890. The van der Waals surface area contributed by atoms with Crippen LogP contribution in [0.2, 0.25) is 0 Å². The van der Waals surface area contributed by atoms with E-state index >= 15 is 0 Å². The Labute approximate surface area is 156 Å². The number of benzene rings is 1. The number of carbonyl (C=O) groups excluding carboxylic acids is 1. The van der Waals surface area contributed by atoms with Crippen molar-refractivity contribution in [2.24, 2.45) is 0 Å². The fourth-order valence-corrected chi connectivity index (χ4v) is 6.78. The Hall–Kier alpha value is -1.38. The third-order valence-corrected chi connectivity index (χ3v) is 8.23. The molecule has 0 radical (unpaired) electrons. The second kappa shape index (κ2) is 7.47. The third-order valence-electron chi connectivity index (χ3n) is 4.19. The van der Waals surface area contributed by atoms with E-state index < -0.39 is 9.84 Å². The van der Waals surface area contributed by atoms with Gasteiger partial charge in [-0.3, -0.25) is 4.79 Å². The third kappa shape index (κ3) is 4.83. The summed E-state index contributed by atoms with van der Waals surface area (Å²) in [5.74, 6) is 0.519. The lowest BCUT2D eigenvalue weighted by Crippen LogP contribution is -2.17. The van der Waals surface area contributed by atoms with Crippen LogP contribution in [0.4, 0.5) is 5.13 Å². The van der Waals surface area contributed by atoms with E-state index in [-0.39, 0.29) is 28.4 Å². The molecule has 1 fully saturated rings. The number of hydrogen-bond donors (Lipinski definition) is 1. The molecule has 1 atom stereocenters. The van der Waals surface area contributed by atoms with Gasteiger partial charge in [0, 0.05) is 16.2 Å². The second-order valence-corrected chi connectivity index (χ2v) is 10.6. The molecular formula is C17H20N2O3S3. The van der Waals surface area contributed by atoms with E-state index in [0.717, 1.165) is 11.3 Å². The number of thioether (sulfide) groups is 1. The summed E-state index contributed by atoms with van der Waals surface area (Å²) in [6.45, 7) is 4.13. The van der Waals surface area contributed by atoms with Crippen molar-refractivity contribution in [1.82, 2.24) is 4.98 Å². The number of rotatable bonds is 5. The molecule has 0 unspecified atom stereocenters. The summed E-state index contributed by atoms with van der Waals surface area (Å²) in [6, 6.07) is 6.18. The number of nitrogens with one attached hydrogen (secondary N) is 1. The molecule has 1 amide bonds. The van der Waals surface area contributed by atoms with Gasteiger partial charge in [-0.15, -0.1) is 23.1 Å². The van der Waals surface area contributed by atoms with Crippen LogP contribution in [0, 0.1) is 13.8 Å². The van der Waals surface area contributed by atoms with Crippen LogP contribution in [0.3, 0.4) is 0 Å². The van der Waals surface area contributed by atoms with Crippen LogP contribution in [0.15, 0.2) is 23.6 Å². The molecule has 5 nitrogen and oxygen atoms in total. The van der Waals surface area contributed by atoms with Crippen LogP contribution >= 0.6 is 23.1 Å². The summed E-state index contributed by atoms with van der Waals surface area (Å²) in [5, 5.41) is 5.32. The number of nitrogens with zero attached hydrogens (tertiary/aromatic N) is 1. The average Bonchev–Trinajstić information content (AvgIpc) is 3.14. The molecule has 0 saturated carbocycles. The summed E-state index contributed by atoms with van der Waals surface area (Å²) in [4.78, 5) is 16.5. The smallest absolute Gasteiger partial charge is 0.236 e. The van der Waals surface area contributed by atoms with E-state index in [1.807, 2.05) is 11.4 Å². The number of thiazole rings is 1. The van der Waals surface area contributed by atoms with Gasteiger partial charge in [0.05, 0.1) is 23.0 Å². The minimum absolute atomic E-state index is 0.0261. The maximum atomic E-state index is 12.1. The van der Waals surface area contributed by atoms with E-state index in [9.17, 15) is 13.2 Å². The first kappa shape index (κ1) is 18.4. The lowest BCUT2D eigenvalue weighted by molar-refractivity contribution is -0.113. The monoisotopic (exact) mass is 396 g/mol. The molecule has 0 spiro atoms. The predicted octanol–water partition coefficient (Wildman–Crippen LogP) is 3.29. The normalized spacial score (nSPS) is 19.0. The van der Waals surface area contributed by atoms with Crippen molar-refractivity contribution in [3.05, 3.63) is 34.7 Å². The van der Waals surface area contributed by atoms with Crippen molar-refractivity contribution < 1.29 is 13.2 Å². The molecule has 2 heterocycles. The van der Waals surface area contributed by atoms with E-state index in [0.29, 0.717) is 11.6 Å². The summed E-state index contributed by atoms with van der Waals surface area (Å²) in [7, 11) is -2.90. The van der Waals surface area contributed by atoms with E-state index in [1.54, 1.807) is 0 Å². The van der Waals surface area contributed by atoms with Gasteiger partial charge in [0.2, 0.25) is 5.91 Å². The Morgan fingerprint density at radius 1 is 1.36 bits per heavy atom. The molecule has 1 saturated heterocycles. The summed E-state index contributed by atoms with van der Waals surface area (Å²) in [5.41, 5.74) is 4.32. The van der Waals surface area contributed by atoms with Crippen molar-refractivity contribution in [3.8, 4) is 11.3 Å². The van der Waals surface area contributed by atoms with Gasteiger partial charge in [0.1, 0.15) is 0 Å². The molecule has 1 N–H and O–H groups in total. The van der Waals surface area contributed by atoms with Gasteiger partial charge in [-0.05, 0) is 37.5 Å². The van der Waals surface area contributed by atoms with E-state index in [2.05, 4.69) is 36.3 Å². The van der Waals surface area contributed by atoms with Crippen LogP contribution in [0.1, 0.15) is 17.5 Å². The van der Waals surface area contributed by atoms with Gasteiger partial charge in [-0.25, -0.2) is 13.4 Å². The molecule has 2 aromatic rings. The van der Waals surface area contributed by atoms with Crippen molar-refractivity contribution in [2.75, 3.05) is 22.6 Å². The standard InChI is InChI=1S/C17H20N2O3S3/c1-11-3-4-13(7-12(11)2)15-8-24-17(18-15)19-16(20)9-23-14-5-6-25(21,22)10-14/h3-4,7-8,14H,5-6,9-10H2,1-2H3,(H,18,19,20)/t14-/m0/s1. The molecule has 25 heavy (non-hydrogen) atoms. The molecule has 3 rings (SSSR count). The Morgan fingerprint density at radius 2 is 2.16 bits per heavy atom. The zero-order chi connectivity index (χ0) is 18.0. The average molecular weight is 397 g/mol. The molecule has 0 aliphatic carbocycles. The largest absolute Gasteiger partial charge is 0.301 e. The quantitative estimate of drug-likeness (QED) is 0.839. The van der Waals surface area contributed by atoms with Gasteiger partial charge >= 0.3 is 0 Å². The number of sulfone groups is 1. The van der Waals surface area contributed by atoms with Gasteiger partial charge < -0.3 is 5.32 Å². The molecular weight excluding hydrogens is 376 g/mol. The topological polar surface area (TPSA) is 76.1 Å². The predicted molar refractivity (Wildman–Crippen MR) is 105 cm³/mol. The fourth-order valence-electron chi connectivity index (χ4n) is 2.61. The molecule has 1 aromatic heterocycles. The Morgan fingerprint density at radius 3 is 2.84 bits per heavy atom. The van der Waals surface area contributed by atoms with Crippen LogP contribution < -0.4 is 5.32 Å². The number of aryl methyl sites for hydroxylation is 2. The zero-order valence-corrected chi connectivity index (χ0v) is 16.6. The Kier molecular flexibility index (Phi) is 5.50. The summed E-state index contributed by atoms with van der Waals surface area (Å²) >= 11 is 2.80. The van der Waals surface area contributed by atoms with Crippen molar-refractivity contribution in [3.63, 3.8) is 0 Å². The van der Waals surface area contributed by atoms with Crippen molar-refractivity contribution >= 4 is 44.0 Å². The minimum Gasteiger partial charge on any atom is -0.301 e. The first-order chi connectivity index (χ1) is 11.8. The molecule has 8 heteroatoms. The molecule has 1 aromatic carbocycles. The highest BCUT2D eigenvalue weighted by molar-refractivity contribution is 8.02. The van der Waals surface area contributed by atoms with E-state index in [1.165, 1.54) is 34.2 Å². The SMILES string of the molecule is Cc1ccc(-c2csc(NC(=O)CS[C@H]3CCS(=O)(=O)C3)n2)cc1C. The molecule has 1 aliphatic heterocycles. The van der Waals surface area contributed by atoms with Crippen LogP contribution in [-0.2, 0) is 14.6 Å². The molecule has 0 bridgehead atoms. The second-order valence-electron chi connectivity index (χ2n) is 6.22. The summed E-state index contributed by atoms with van der Waals surface area (Å²) < 4.78 is 22.9. The first-order valence-corrected chi connectivity index (χ1v) is 11.7. The van der Waals surface area contributed by atoms with Crippen LogP contribution in [-0.4, -0.2) is 41.8 Å². The zero-order valence-electron chi connectivity index (χ0n) is 14.1. The van der Waals surface area contributed by atoms with Crippen molar-refractivity contribution in [1.29, 1.82) is 0 Å². The number of aromatic nitrogens is 1. The molecule has 134 valence electrons. The maximum Gasteiger partial charge on any atom is 0.236 e. The van der Waals surface area contributed by atoms with Crippen LogP contribution in [0.5, 0.6) is 0 Å². The van der Waals surface area contributed by atoms with E-state index in [4.69, 9.17) is 0 Å². The minimum atomic E-state index is -2.90. The highest BCUT2D eigenvalue weighted by Gasteiger charge is 2.28. The fraction of sp³-hybridized carbons (Fsp3) is 0.412. The van der Waals surface area contributed by atoms with Gasteiger partial charge in [-0.1, -0.05) is 12.1 Å². The number of hydrogen-bond acceptors (Lipinski definition) is 6. The highest BCUT2D eigenvalue weighted by Crippen LogP contribution is 2.27.